The van der Waals surface area contributed by atoms with Gasteiger partial charge in [-0.2, -0.15) is 4.98 Å². The first-order chi connectivity index (χ1) is 30.3. The second-order valence-corrected chi connectivity index (χ2v) is 21.1. The van der Waals surface area contributed by atoms with Crippen molar-refractivity contribution in [3.05, 3.63) is 124 Å². The summed E-state index contributed by atoms with van der Waals surface area (Å²) in [6, 6.07) is 25.2. The van der Waals surface area contributed by atoms with Crippen LogP contribution in [-0.4, -0.2) is 93.1 Å². The van der Waals surface area contributed by atoms with E-state index in [1.54, 1.807) is 24.3 Å². The number of anilines is 5. The number of benzene rings is 3. The number of aromatic nitrogens is 3. The molecule has 326 valence electrons. The van der Waals surface area contributed by atoms with Gasteiger partial charge in [0.25, 0.3) is 5.91 Å². The van der Waals surface area contributed by atoms with Crippen LogP contribution in [0.1, 0.15) is 77.1 Å². The highest BCUT2D eigenvalue weighted by Crippen LogP contribution is 2.40. The van der Waals surface area contributed by atoms with Gasteiger partial charge in [0, 0.05) is 68.4 Å². The van der Waals surface area contributed by atoms with Crippen LogP contribution in [0.3, 0.4) is 0 Å². The fourth-order valence-corrected chi connectivity index (χ4v) is 10.6. The predicted molar refractivity (Wildman–Crippen MR) is 245 cm³/mol. The number of amides is 3. The van der Waals surface area contributed by atoms with E-state index in [0.29, 0.717) is 65.6 Å². The number of carbonyl (C=O) groups excluding carboxylic acids is 3. The van der Waals surface area contributed by atoms with Gasteiger partial charge in [0.1, 0.15) is 24.0 Å². The number of nitrogens with zero attached hydrogens (tertiary/aromatic N) is 6. The Morgan fingerprint density at radius 2 is 1.65 bits per heavy atom. The molecule has 6 heterocycles. The van der Waals surface area contributed by atoms with Crippen LogP contribution in [0.2, 0.25) is 5.02 Å². The number of carbonyl (C=O) groups is 3. The lowest BCUT2D eigenvalue weighted by Crippen LogP contribution is -2.52. The smallest absolute Gasteiger partial charge is 0.255 e. The molecule has 1 unspecified atom stereocenters. The Bertz CT molecular complexity index is 2590. The monoisotopic (exact) mass is 887 g/mol. The minimum Gasteiger partial charge on any atom is -0.385 e. The van der Waals surface area contributed by atoms with E-state index < -0.39 is 24.7 Å². The van der Waals surface area contributed by atoms with Crippen LogP contribution in [0, 0.1) is 0 Å². The zero-order valence-corrected chi connectivity index (χ0v) is 37.0. The van der Waals surface area contributed by atoms with Crippen LogP contribution >= 0.6 is 18.7 Å². The lowest BCUT2D eigenvalue weighted by Gasteiger charge is -2.39. The number of aliphatic hydroxyl groups is 1. The van der Waals surface area contributed by atoms with Gasteiger partial charge in [-0.15, -0.1) is 0 Å². The molecule has 4 aliphatic heterocycles. The fraction of sp³-hybridized carbons (Fsp3) is 0.362. The van der Waals surface area contributed by atoms with Crippen LogP contribution in [0.5, 0.6) is 0 Å². The minimum absolute atomic E-state index is 0.208. The van der Waals surface area contributed by atoms with Crippen molar-refractivity contribution in [2.24, 2.45) is 0 Å². The van der Waals surface area contributed by atoms with E-state index in [0.717, 1.165) is 62.0 Å². The number of rotatable bonds is 11. The molecule has 0 saturated carbocycles. The SMILES string of the molecule is CP(C)(=O)c1ccccc1Nc1nc(Nc2ccc(C3CCN(c4ccc(CN5CCC(O)(c6ccc7c(c6)CN(C6CCC(=O)NC6=O)C7=O)CC5)cc4)CC3)cn2)ncc1Cl. The van der Waals surface area contributed by atoms with Crippen molar-refractivity contribution in [1.29, 1.82) is 0 Å². The maximum absolute atomic E-state index is 13.2. The second-order valence-electron chi connectivity index (χ2n) is 17.5. The first-order valence-corrected chi connectivity index (χ1v) is 24.5. The first kappa shape index (κ1) is 42.6. The summed E-state index contributed by atoms with van der Waals surface area (Å²) in [4.78, 5) is 57.3. The molecule has 0 bridgehead atoms. The van der Waals surface area contributed by atoms with Crippen molar-refractivity contribution in [3.63, 3.8) is 0 Å². The van der Waals surface area contributed by atoms with E-state index in [1.807, 2.05) is 48.7 Å². The van der Waals surface area contributed by atoms with Crippen LogP contribution < -0.4 is 26.2 Å². The second kappa shape index (κ2) is 17.5. The molecule has 16 heteroatoms. The van der Waals surface area contributed by atoms with Gasteiger partial charge in [0.2, 0.25) is 17.8 Å². The number of fused-ring (bicyclic) bond motifs is 1. The summed E-state index contributed by atoms with van der Waals surface area (Å²) >= 11 is 6.44. The maximum atomic E-state index is 13.2. The lowest BCUT2D eigenvalue weighted by atomic mass is 9.83. The summed E-state index contributed by atoms with van der Waals surface area (Å²) in [7, 11) is -2.54. The molecule has 0 radical (unpaired) electrons. The van der Waals surface area contributed by atoms with Crippen molar-refractivity contribution in [1.82, 2.24) is 30.1 Å². The molecule has 0 aliphatic carbocycles. The van der Waals surface area contributed by atoms with Crippen molar-refractivity contribution in [2.45, 2.75) is 69.2 Å². The summed E-state index contributed by atoms with van der Waals surface area (Å²) in [5.74, 6) is 0.830. The number of nitrogens with one attached hydrogen (secondary N) is 3. The third-order valence-corrected chi connectivity index (χ3v) is 14.8. The number of hydrogen-bond acceptors (Lipinski definition) is 12. The largest absolute Gasteiger partial charge is 0.385 e. The molecular weight excluding hydrogens is 837 g/mol. The van der Waals surface area contributed by atoms with Crippen LogP contribution in [-0.2, 0) is 32.8 Å². The van der Waals surface area contributed by atoms with Gasteiger partial charge in [-0.1, -0.05) is 54.1 Å². The summed E-state index contributed by atoms with van der Waals surface area (Å²) < 4.78 is 12.9. The maximum Gasteiger partial charge on any atom is 0.255 e. The van der Waals surface area contributed by atoms with Gasteiger partial charge < -0.3 is 30.1 Å². The number of pyridine rings is 1. The van der Waals surface area contributed by atoms with Crippen LogP contribution in [0.25, 0.3) is 0 Å². The Balaban J connectivity index is 0.741. The third kappa shape index (κ3) is 9.22. The van der Waals surface area contributed by atoms with E-state index in [2.05, 4.69) is 71.0 Å². The van der Waals surface area contributed by atoms with Crippen LogP contribution in [0.4, 0.5) is 29.0 Å². The molecule has 4 aliphatic rings. The fourth-order valence-electron chi connectivity index (χ4n) is 9.30. The van der Waals surface area contributed by atoms with E-state index in [1.165, 1.54) is 23.0 Å². The minimum atomic E-state index is -2.54. The highest BCUT2D eigenvalue weighted by atomic mass is 35.5. The van der Waals surface area contributed by atoms with Gasteiger partial charge in [0.05, 0.1) is 17.5 Å². The summed E-state index contributed by atoms with van der Waals surface area (Å²) in [6.07, 6.45) is 7.18. The highest BCUT2D eigenvalue weighted by Gasteiger charge is 2.41. The Labute approximate surface area is 371 Å². The summed E-state index contributed by atoms with van der Waals surface area (Å²) in [6.45, 7) is 7.93. The molecule has 9 rings (SSSR count). The van der Waals surface area contributed by atoms with E-state index in [-0.39, 0.29) is 18.2 Å². The number of para-hydroxylation sites is 1. The molecule has 5 aromatic rings. The highest BCUT2D eigenvalue weighted by molar-refractivity contribution is 7.70. The van der Waals surface area contributed by atoms with Gasteiger partial charge in [-0.05, 0) is 110 Å². The van der Waals surface area contributed by atoms with Crippen molar-refractivity contribution in [2.75, 3.05) is 55.0 Å². The summed E-state index contributed by atoms with van der Waals surface area (Å²) in [5, 5.41) is 21.6. The standard InChI is InChI=1S/C47H51ClN9O5P/c1-63(2,62)40-6-4-3-5-38(40)51-43-37(48)27-50-46(54-43)52-41-15-9-32(26-49-41)31-17-21-56(22-18-31)35-11-7-30(8-12-35)28-55-23-19-47(61,20-24-55)34-10-13-36-33(25-34)29-57(45(36)60)39-14-16-42(58)53-44(39)59/h3-13,15,25-27,31,39,61H,14,16-24,28-29H2,1-2H3,(H,53,58,59)(H2,49,50,51,52,54). The zero-order chi connectivity index (χ0) is 43.9. The van der Waals surface area contributed by atoms with Crippen molar-refractivity contribution < 1.29 is 24.1 Å². The first-order valence-electron chi connectivity index (χ1n) is 21.5. The van der Waals surface area contributed by atoms with Crippen molar-refractivity contribution in [3.8, 4) is 0 Å². The van der Waals surface area contributed by atoms with Gasteiger partial charge >= 0.3 is 0 Å². The quantitative estimate of drug-likeness (QED) is 0.0801. The number of piperidine rings is 3. The average Bonchev–Trinajstić information content (AvgIpc) is 3.61. The Morgan fingerprint density at radius 3 is 2.37 bits per heavy atom. The molecule has 3 amide bonds. The Morgan fingerprint density at radius 1 is 0.889 bits per heavy atom. The Kier molecular flexibility index (Phi) is 11.8. The topological polar surface area (TPSA) is 173 Å². The number of halogens is 1. The number of imide groups is 1. The molecule has 0 spiro atoms. The van der Waals surface area contributed by atoms with Gasteiger partial charge in [-0.25, -0.2) is 9.97 Å². The van der Waals surface area contributed by atoms with Gasteiger partial charge in [0.15, 0.2) is 5.82 Å². The molecule has 2 aromatic heterocycles. The Hall–Kier alpha value is -5.66. The molecule has 4 N–H and O–H groups in total. The molecule has 3 aromatic carbocycles. The summed E-state index contributed by atoms with van der Waals surface area (Å²) in [5.41, 5.74) is 5.50. The van der Waals surface area contributed by atoms with E-state index in [4.69, 9.17) is 11.6 Å². The third-order valence-electron chi connectivity index (χ3n) is 12.9. The van der Waals surface area contributed by atoms with Crippen molar-refractivity contribution >= 4 is 70.7 Å². The number of hydrogen-bond donors (Lipinski definition) is 4. The lowest BCUT2D eigenvalue weighted by molar-refractivity contribution is -0.136. The zero-order valence-electron chi connectivity index (χ0n) is 35.4. The average molecular weight is 888 g/mol. The number of likely N-dealkylation sites (tertiary alicyclic amines) is 1. The normalized spacial score (nSPS) is 19.5. The molecule has 3 fully saturated rings. The molecule has 1 atom stereocenters. The van der Waals surface area contributed by atoms with Gasteiger partial charge in [-0.3, -0.25) is 24.6 Å². The molecule has 14 nitrogen and oxygen atoms in total. The van der Waals surface area contributed by atoms with Crippen LogP contribution in [0.15, 0.2) is 91.3 Å². The molecule has 3 saturated heterocycles. The predicted octanol–water partition coefficient (Wildman–Crippen LogP) is 6.89. The van der Waals surface area contributed by atoms with E-state index in [9.17, 15) is 24.1 Å². The molecule has 63 heavy (non-hydrogen) atoms. The van der Waals surface area contributed by atoms with E-state index >= 15 is 0 Å². The molecular formula is C47H51ClN9O5P.